The smallest absolute Gasteiger partial charge is 0.338 e. The molecule has 1 atom stereocenters. The van der Waals surface area contributed by atoms with Crippen LogP contribution in [0.4, 0.5) is 0 Å². The highest BCUT2D eigenvalue weighted by molar-refractivity contribution is 5.90. The van der Waals surface area contributed by atoms with Crippen LogP contribution in [0.2, 0.25) is 0 Å². The van der Waals surface area contributed by atoms with Gasteiger partial charge in [0, 0.05) is 12.1 Å². The van der Waals surface area contributed by atoms with Crippen LogP contribution in [0.25, 0.3) is 11.5 Å². The molecule has 8 nitrogen and oxygen atoms in total. The molecule has 0 bridgehead atoms. The van der Waals surface area contributed by atoms with Crippen molar-refractivity contribution in [3.05, 3.63) is 29.8 Å². The van der Waals surface area contributed by atoms with Crippen LogP contribution in [-0.4, -0.2) is 39.3 Å². The number of hydrogen-bond acceptors (Lipinski definition) is 8. The Labute approximate surface area is 201 Å². The zero-order valence-electron chi connectivity index (χ0n) is 20.8. The van der Waals surface area contributed by atoms with Gasteiger partial charge in [-0.25, -0.2) is 4.79 Å². The zero-order valence-corrected chi connectivity index (χ0v) is 20.8. The summed E-state index contributed by atoms with van der Waals surface area (Å²) < 4.78 is 16.2. The Hall–Kier alpha value is -2.77. The third-order valence-corrected chi connectivity index (χ3v) is 6.01. The molecule has 1 fully saturated rings. The number of nitrogens with zero attached hydrogens (tertiary/aromatic N) is 3. The standard InChI is InChI=1S/C26H37N3O5/c1-5-32-25(31)20-14-15-27-21(16-20)23-28-24(34-29-23)19(17-22(30)33-26(2,3)4)13-9-12-18-10-7-6-8-11-18/h14-16,18-19H,5-13,17H2,1-4H3. The van der Waals surface area contributed by atoms with Gasteiger partial charge in [0.05, 0.1) is 18.6 Å². The summed E-state index contributed by atoms with van der Waals surface area (Å²) in [5.74, 6) is 0.505. The van der Waals surface area contributed by atoms with Gasteiger partial charge in [-0.3, -0.25) is 9.78 Å². The van der Waals surface area contributed by atoms with E-state index in [1.54, 1.807) is 19.1 Å². The highest BCUT2D eigenvalue weighted by Crippen LogP contribution is 2.32. The summed E-state index contributed by atoms with van der Waals surface area (Å²) in [6.45, 7) is 7.61. The monoisotopic (exact) mass is 471 g/mol. The molecule has 1 aliphatic rings. The number of pyridine rings is 1. The van der Waals surface area contributed by atoms with Crippen molar-refractivity contribution in [1.29, 1.82) is 0 Å². The van der Waals surface area contributed by atoms with Crippen LogP contribution in [0.1, 0.15) is 108 Å². The highest BCUT2D eigenvalue weighted by Gasteiger charge is 2.27. The molecule has 0 N–H and O–H groups in total. The number of esters is 2. The van der Waals surface area contributed by atoms with Crippen molar-refractivity contribution in [2.45, 2.75) is 97.0 Å². The van der Waals surface area contributed by atoms with Gasteiger partial charge in [0.25, 0.3) is 0 Å². The fraction of sp³-hybridized carbons (Fsp3) is 0.654. The number of hydrogen-bond donors (Lipinski definition) is 0. The minimum absolute atomic E-state index is 0.180. The molecule has 2 aromatic heterocycles. The molecule has 186 valence electrons. The largest absolute Gasteiger partial charge is 0.462 e. The molecule has 1 unspecified atom stereocenters. The Morgan fingerprint density at radius 2 is 1.97 bits per heavy atom. The summed E-state index contributed by atoms with van der Waals surface area (Å²) in [7, 11) is 0. The summed E-state index contributed by atoms with van der Waals surface area (Å²) >= 11 is 0. The van der Waals surface area contributed by atoms with Crippen molar-refractivity contribution in [1.82, 2.24) is 15.1 Å². The molecule has 1 saturated carbocycles. The topological polar surface area (TPSA) is 104 Å². The van der Waals surface area contributed by atoms with Gasteiger partial charge in [-0.15, -0.1) is 0 Å². The molecule has 0 aromatic carbocycles. The lowest BCUT2D eigenvalue weighted by molar-refractivity contribution is -0.155. The summed E-state index contributed by atoms with van der Waals surface area (Å²) in [6.07, 6.45) is 11.2. The average Bonchev–Trinajstić information content (AvgIpc) is 3.28. The van der Waals surface area contributed by atoms with Gasteiger partial charge in [-0.05, 0) is 52.2 Å². The van der Waals surface area contributed by atoms with Crippen molar-refractivity contribution < 1.29 is 23.6 Å². The van der Waals surface area contributed by atoms with Crippen LogP contribution in [-0.2, 0) is 14.3 Å². The van der Waals surface area contributed by atoms with Crippen LogP contribution < -0.4 is 0 Å². The first-order valence-corrected chi connectivity index (χ1v) is 12.4. The van der Waals surface area contributed by atoms with Crippen molar-refractivity contribution in [2.75, 3.05) is 6.61 Å². The van der Waals surface area contributed by atoms with Crippen LogP contribution in [0.5, 0.6) is 0 Å². The van der Waals surface area contributed by atoms with Crippen molar-refractivity contribution >= 4 is 11.9 Å². The lowest BCUT2D eigenvalue weighted by Crippen LogP contribution is -2.25. The first-order chi connectivity index (χ1) is 16.2. The Kier molecular flexibility index (Phi) is 9.19. The molecule has 0 radical (unpaired) electrons. The minimum atomic E-state index is -0.554. The average molecular weight is 472 g/mol. The van der Waals surface area contributed by atoms with E-state index in [0.29, 0.717) is 17.1 Å². The zero-order chi connectivity index (χ0) is 24.6. The number of aromatic nitrogens is 3. The third-order valence-electron chi connectivity index (χ3n) is 6.01. The predicted octanol–water partition coefficient (Wildman–Crippen LogP) is 5.87. The van der Waals surface area contributed by atoms with E-state index >= 15 is 0 Å². The first kappa shape index (κ1) is 25.8. The second kappa shape index (κ2) is 12.1. The molecule has 0 amide bonds. The second-order valence-electron chi connectivity index (χ2n) is 10.0. The molecule has 0 aliphatic heterocycles. The summed E-state index contributed by atoms with van der Waals surface area (Å²) in [5, 5.41) is 4.08. The van der Waals surface area contributed by atoms with E-state index in [9.17, 15) is 9.59 Å². The van der Waals surface area contributed by atoms with Gasteiger partial charge in [-0.2, -0.15) is 4.98 Å². The SMILES string of the molecule is CCOC(=O)c1ccnc(-c2noc(C(CCCC3CCCCC3)CC(=O)OC(C)(C)C)n2)c1. The fourth-order valence-electron chi connectivity index (χ4n) is 4.43. The Morgan fingerprint density at radius 3 is 2.68 bits per heavy atom. The van der Waals surface area contributed by atoms with Gasteiger partial charge in [0.15, 0.2) is 0 Å². The van der Waals surface area contributed by atoms with Crippen molar-refractivity contribution in [3.63, 3.8) is 0 Å². The summed E-state index contributed by atoms with van der Waals surface area (Å²) in [6, 6.07) is 3.16. The Balaban J connectivity index is 1.72. The molecule has 0 saturated heterocycles. The third kappa shape index (κ3) is 7.92. The molecule has 34 heavy (non-hydrogen) atoms. The number of ether oxygens (including phenoxy) is 2. The maximum absolute atomic E-state index is 12.6. The van der Waals surface area contributed by atoms with Gasteiger partial charge in [0.2, 0.25) is 11.7 Å². The Morgan fingerprint density at radius 1 is 1.21 bits per heavy atom. The molecular formula is C26H37N3O5. The van der Waals surface area contributed by atoms with Crippen LogP contribution in [0.3, 0.4) is 0 Å². The normalized spacial score (nSPS) is 15.6. The first-order valence-electron chi connectivity index (χ1n) is 12.4. The molecule has 3 rings (SSSR count). The van der Waals surface area contributed by atoms with Crippen molar-refractivity contribution in [2.24, 2.45) is 5.92 Å². The lowest BCUT2D eigenvalue weighted by atomic mass is 9.84. The number of carbonyl (C=O) groups excluding carboxylic acids is 2. The fourth-order valence-corrected chi connectivity index (χ4v) is 4.43. The van der Waals surface area contributed by atoms with Crippen LogP contribution in [0.15, 0.2) is 22.9 Å². The maximum atomic E-state index is 12.6. The van der Waals surface area contributed by atoms with Gasteiger partial charge >= 0.3 is 11.9 Å². The van der Waals surface area contributed by atoms with E-state index in [-0.39, 0.29) is 30.7 Å². The molecule has 0 spiro atoms. The summed E-state index contributed by atoms with van der Waals surface area (Å²) in [5.41, 5.74) is 0.232. The van der Waals surface area contributed by atoms with E-state index in [4.69, 9.17) is 14.0 Å². The van der Waals surface area contributed by atoms with Crippen LogP contribution >= 0.6 is 0 Å². The van der Waals surface area contributed by atoms with E-state index in [1.807, 2.05) is 20.8 Å². The quantitative estimate of drug-likeness (QED) is 0.396. The van der Waals surface area contributed by atoms with Gasteiger partial charge in [0.1, 0.15) is 11.3 Å². The molecule has 1 aliphatic carbocycles. The summed E-state index contributed by atoms with van der Waals surface area (Å²) in [4.78, 5) is 33.5. The van der Waals surface area contributed by atoms with Crippen LogP contribution in [0, 0.1) is 5.92 Å². The van der Waals surface area contributed by atoms with Gasteiger partial charge in [-0.1, -0.05) is 50.1 Å². The van der Waals surface area contributed by atoms with E-state index in [1.165, 1.54) is 38.3 Å². The highest BCUT2D eigenvalue weighted by atomic mass is 16.6. The van der Waals surface area contributed by atoms with E-state index in [2.05, 4.69) is 15.1 Å². The molecule has 2 heterocycles. The predicted molar refractivity (Wildman–Crippen MR) is 127 cm³/mol. The minimum Gasteiger partial charge on any atom is -0.462 e. The maximum Gasteiger partial charge on any atom is 0.338 e. The number of rotatable bonds is 10. The Bertz CT molecular complexity index is 944. The second-order valence-corrected chi connectivity index (χ2v) is 10.0. The van der Waals surface area contributed by atoms with E-state index in [0.717, 1.165) is 25.2 Å². The molecule has 8 heteroatoms. The molecule has 2 aromatic rings. The van der Waals surface area contributed by atoms with Crippen molar-refractivity contribution in [3.8, 4) is 11.5 Å². The van der Waals surface area contributed by atoms with Gasteiger partial charge < -0.3 is 14.0 Å². The van der Waals surface area contributed by atoms with E-state index < -0.39 is 11.6 Å². The lowest BCUT2D eigenvalue weighted by Gasteiger charge is -2.23. The molecular weight excluding hydrogens is 434 g/mol. The number of carbonyl (C=O) groups is 2.